The van der Waals surface area contributed by atoms with Crippen LogP contribution in [0.1, 0.15) is 16.7 Å². The van der Waals surface area contributed by atoms with Gasteiger partial charge in [-0.15, -0.1) is 0 Å². The normalized spacial score (nSPS) is 13.5. The highest BCUT2D eigenvalue weighted by molar-refractivity contribution is 6.36. The molecule has 1 heterocycles. The zero-order chi connectivity index (χ0) is 23.5. The molecule has 3 aromatic carbocycles. The third kappa shape index (κ3) is 4.56. The van der Waals surface area contributed by atoms with Crippen LogP contribution in [0.2, 0.25) is 5.02 Å². The second-order valence-electron chi connectivity index (χ2n) is 7.61. The number of halogens is 1. The molecular weight excluding hydrogens is 440 g/mol. The smallest absolute Gasteiger partial charge is 0.278 e. The lowest BCUT2D eigenvalue weighted by molar-refractivity contribution is -0.137. The molecule has 0 saturated carbocycles. The van der Waals surface area contributed by atoms with Gasteiger partial charge in [0.2, 0.25) is 0 Å². The summed E-state index contributed by atoms with van der Waals surface area (Å²) >= 11 is 6.17. The van der Waals surface area contributed by atoms with Crippen LogP contribution in [-0.4, -0.2) is 30.9 Å². The third-order valence-electron chi connectivity index (χ3n) is 5.51. The van der Waals surface area contributed by atoms with E-state index < -0.39 is 5.91 Å². The van der Waals surface area contributed by atoms with E-state index in [1.807, 2.05) is 25.1 Å². The van der Waals surface area contributed by atoms with Crippen molar-refractivity contribution in [3.63, 3.8) is 0 Å². The fourth-order valence-electron chi connectivity index (χ4n) is 3.64. The average molecular weight is 463 g/mol. The van der Waals surface area contributed by atoms with E-state index in [1.54, 1.807) is 62.8 Å². The quantitative estimate of drug-likeness (QED) is 0.497. The van der Waals surface area contributed by atoms with Crippen LogP contribution >= 0.6 is 11.6 Å². The van der Waals surface area contributed by atoms with Gasteiger partial charge in [0.1, 0.15) is 17.2 Å². The Kier molecular flexibility index (Phi) is 6.38. The average Bonchev–Trinajstić information content (AvgIpc) is 3.06. The fourth-order valence-corrected chi connectivity index (χ4v) is 3.81. The Bertz CT molecular complexity index is 1230. The highest BCUT2D eigenvalue weighted by atomic mass is 35.5. The predicted octanol–water partition coefficient (Wildman–Crippen LogP) is 5.06. The number of rotatable bonds is 7. The maximum absolute atomic E-state index is 13.5. The lowest BCUT2D eigenvalue weighted by Gasteiger charge is -2.16. The number of aryl methyl sites for hydroxylation is 1. The number of carbonyl (C=O) groups excluding carboxylic acids is 2. The second kappa shape index (κ2) is 9.38. The summed E-state index contributed by atoms with van der Waals surface area (Å²) in [6.07, 6.45) is 0. The first-order valence-corrected chi connectivity index (χ1v) is 10.7. The van der Waals surface area contributed by atoms with Crippen molar-refractivity contribution < 1.29 is 19.1 Å². The van der Waals surface area contributed by atoms with Gasteiger partial charge in [0.05, 0.1) is 26.3 Å². The van der Waals surface area contributed by atoms with Gasteiger partial charge in [-0.05, 0) is 60.0 Å². The number of benzene rings is 3. The van der Waals surface area contributed by atoms with Crippen LogP contribution in [0, 0.1) is 6.92 Å². The summed E-state index contributed by atoms with van der Waals surface area (Å²) in [5.41, 5.74) is 3.51. The van der Waals surface area contributed by atoms with E-state index in [4.69, 9.17) is 21.1 Å². The standard InChI is InChI=1S/C26H23ClN2O4/c1-16-4-9-19(27)14-22(16)28-24-23(18-7-12-21(33-3)13-8-18)25(30)29(26(24)31)15-17-5-10-20(32-2)11-6-17/h4-14,28H,15H2,1-3H3. The first-order chi connectivity index (χ1) is 15.9. The minimum Gasteiger partial charge on any atom is -0.497 e. The molecule has 0 atom stereocenters. The molecule has 1 aliphatic rings. The Labute approximate surface area is 197 Å². The van der Waals surface area contributed by atoms with Gasteiger partial charge in [-0.2, -0.15) is 0 Å². The number of methoxy groups -OCH3 is 2. The van der Waals surface area contributed by atoms with E-state index in [0.29, 0.717) is 33.3 Å². The fraction of sp³-hybridized carbons (Fsp3) is 0.154. The zero-order valence-corrected chi connectivity index (χ0v) is 19.3. The Hall–Kier alpha value is -3.77. The van der Waals surface area contributed by atoms with Crippen LogP contribution < -0.4 is 14.8 Å². The number of hydrogen-bond acceptors (Lipinski definition) is 5. The molecule has 3 aromatic rings. The summed E-state index contributed by atoms with van der Waals surface area (Å²) < 4.78 is 10.4. The van der Waals surface area contributed by atoms with Gasteiger partial charge in [-0.25, -0.2) is 0 Å². The van der Waals surface area contributed by atoms with Crippen LogP contribution in [-0.2, 0) is 16.1 Å². The number of ether oxygens (including phenoxy) is 2. The lowest BCUT2D eigenvalue weighted by atomic mass is 10.0. The number of anilines is 1. The molecule has 0 bridgehead atoms. The summed E-state index contributed by atoms with van der Waals surface area (Å²) in [5, 5.41) is 3.70. The molecule has 168 valence electrons. The van der Waals surface area contributed by atoms with Crippen molar-refractivity contribution in [3.8, 4) is 11.5 Å². The SMILES string of the molecule is COc1ccc(CN2C(=O)C(Nc3cc(Cl)ccc3C)=C(c3ccc(OC)cc3)C2=O)cc1. The molecule has 1 N–H and O–H groups in total. The highest BCUT2D eigenvalue weighted by Gasteiger charge is 2.39. The van der Waals surface area contributed by atoms with E-state index in [1.165, 1.54) is 4.90 Å². The Morgan fingerprint density at radius 2 is 1.45 bits per heavy atom. The number of hydrogen-bond donors (Lipinski definition) is 1. The van der Waals surface area contributed by atoms with E-state index in [-0.39, 0.29) is 18.1 Å². The molecule has 0 fully saturated rings. The zero-order valence-electron chi connectivity index (χ0n) is 18.5. The molecule has 0 radical (unpaired) electrons. The molecule has 1 aliphatic heterocycles. The Morgan fingerprint density at radius 1 is 0.848 bits per heavy atom. The molecule has 0 aliphatic carbocycles. The minimum absolute atomic E-state index is 0.140. The highest BCUT2D eigenvalue weighted by Crippen LogP contribution is 2.33. The molecule has 33 heavy (non-hydrogen) atoms. The number of nitrogens with zero attached hydrogens (tertiary/aromatic N) is 1. The lowest BCUT2D eigenvalue weighted by Crippen LogP contribution is -2.32. The maximum Gasteiger partial charge on any atom is 0.278 e. The van der Waals surface area contributed by atoms with Gasteiger partial charge in [0.25, 0.3) is 11.8 Å². The van der Waals surface area contributed by atoms with Gasteiger partial charge in [-0.1, -0.05) is 41.9 Å². The summed E-state index contributed by atoms with van der Waals surface area (Å²) in [7, 11) is 3.16. The van der Waals surface area contributed by atoms with E-state index in [2.05, 4.69) is 5.32 Å². The molecule has 0 aromatic heterocycles. The Morgan fingerprint density at radius 3 is 2.06 bits per heavy atom. The minimum atomic E-state index is -0.402. The van der Waals surface area contributed by atoms with Crippen molar-refractivity contribution in [1.29, 1.82) is 0 Å². The van der Waals surface area contributed by atoms with Crippen LogP contribution in [0.5, 0.6) is 11.5 Å². The van der Waals surface area contributed by atoms with Crippen molar-refractivity contribution in [2.45, 2.75) is 13.5 Å². The molecule has 0 unspecified atom stereocenters. The topological polar surface area (TPSA) is 67.9 Å². The van der Waals surface area contributed by atoms with Crippen LogP contribution in [0.3, 0.4) is 0 Å². The summed E-state index contributed by atoms with van der Waals surface area (Å²) in [5.74, 6) is 0.587. The van der Waals surface area contributed by atoms with E-state index >= 15 is 0 Å². The van der Waals surface area contributed by atoms with Gasteiger partial charge < -0.3 is 14.8 Å². The van der Waals surface area contributed by atoms with Gasteiger partial charge >= 0.3 is 0 Å². The van der Waals surface area contributed by atoms with Crippen molar-refractivity contribution >= 4 is 34.7 Å². The summed E-state index contributed by atoms with van der Waals surface area (Å²) in [4.78, 5) is 28.2. The van der Waals surface area contributed by atoms with Crippen LogP contribution in [0.25, 0.3) is 5.57 Å². The van der Waals surface area contributed by atoms with Crippen LogP contribution in [0.15, 0.2) is 72.4 Å². The molecule has 7 heteroatoms. The first-order valence-electron chi connectivity index (χ1n) is 10.3. The van der Waals surface area contributed by atoms with E-state index in [9.17, 15) is 9.59 Å². The summed E-state index contributed by atoms with van der Waals surface area (Å²) in [6, 6.07) is 19.7. The van der Waals surface area contributed by atoms with Crippen molar-refractivity contribution in [2.75, 3.05) is 19.5 Å². The monoisotopic (exact) mass is 462 g/mol. The molecule has 2 amide bonds. The molecule has 0 spiro atoms. The second-order valence-corrected chi connectivity index (χ2v) is 8.04. The van der Waals surface area contributed by atoms with Gasteiger partial charge in [-0.3, -0.25) is 14.5 Å². The van der Waals surface area contributed by atoms with Gasteiger partial charge in [0.15, 0.2) is 0 Å². The molecular formula is C26H23ClN2O4. The molecule has 6 nitrogen and oxygen atoms in total. The molecule has 4 rings (SSSR count). The largest absolute Gasteiger partial charge is 0.497 e. The van der Waals surface area contributed by atoms with Gasteiger partial charge in [0, 0.05) is 10.7 Å². The third-order valence-corrected chi connectivity index (χ3v) is 5.74. The van der Waals surface area contributed by atoms with Crippen molar-refractivity contribution in [2.24, 2.45) is 0 Å². The van der Waals surface area contributed by atoms with Crippen molar-refractivity contribution in [1.82, 2.24) is 4.90 Å². The summed E-state index contributed by atoms with van der Waals surface area (Å²) in [6.45, 7) is 2.05. The first kappa shape index (κ1) is 22.4. The van der Waals surface area contributed by atoms with E-state index in [0.717, 1.165) is 11.1 Å². The number of imide groups is 1. The maximum atomic E-state index is 13.5. The molecule has 0 saturated heterocycles. The number of nitrogens with one attached hydrogen (secondary N) is 1. The van der Waals surface area contributed by atoms with Crippen molar-refractivity contribution in [3.05, 3.63) is 94.1 Å². The predicted molar refractivity (Wildman–Crippen MR) is 128 cm³/mol. The van der Waals surface area contributed by atoms with Crippen LogP contribution in [0.4, 0.5) is 5.69 Å². The number of carbonyl (C=O) groups is 2. The Balaban J connectivity index is 1.73. The number of amides is 2.